The Kier molecular flexibility index (Phi) is 6.52. The number of hydroxylamine groups is 2. The van der Waals surface area contributed by atoms with Gasteiger partial charge in [0.25, 0.3) is 5.56 Å². The molecule has 4 unspecified atom stereocenters. The molecule has 4 N–H and O–H groups in total. The zero-order valence-corrected chi connectivity index (χ0v) is 17.0. The third-order valence-electron chi connectivity index (χ3n) is 4.56. The predicted molar refractivity (Wildman–Crippen MR) is 105 cm³/mol. The van der Waals surface area contributed by atoms with E-state index >= 15 is 0 Å². The maximum Gasteiger partial charge on any atom is 0.330 e. The molecule has 4 atom stereocenters. The Hall–Kier alpha value is -1.77. The van der Waals surface area contributed by atoms with Crippen LogP contribution < -0.4 is 16.0 Å². The first-order chi connectivity index (χ1) is 13.3. The number of H-pyrrole nitrogens is 1. The third kappa shape index (κ3) is 4.14. The number of hydrogen-bond acceptors (Lipinski definition) is 8. The van der Waals surface area contributed by atoms with Crippen molar-refractivity contribution in [2.75, 3.05) is 13.7 Å². The summed E-state index contributed by atoms with van der Waals surface area (Å²) in [7, 11) is 1.55. The lowest BCUT2D eigenvalue weighted by atomic mass is 10.1. The number of nitrogens with zero attached hydrogens (tertiary/aromatic N) is 2. The molecule has 0 saturated carbocycles. The Labute approximate surface area is 173 Å². The highest BCUT2D eigenvalue weighted by molar-refractivity contribution is 14.1. The van der Waals surface area contributed by atoms with E-state index in [0.29, 0.717) is 5.75 Å². The summed E-state index contributed by atoms with van der Waals surface area (Å²) in [5.41, 5.74) is -0.564. The van der Waals surface area contributed by atoms with Crippen LogP contribution in [0, 0.1) is 3.57 Å². The van der Waals surface area contributed by atoms with Crippen molar-refractivity contribution in [2.24, 2.45) is 0 Å². The number of hydrogen-bond donors (Lipinski definition) is 4. The van der Waals surface area contributed by atoms with Gasteiger partial charge in [-0.25, -0.2) is 4.79 Å². The molecule has 152 valence electrons. The van der Waals surface area contributed by atoms with Gasteiger partial charge in [-0.1, -0.05) is 12.1 Å². The molecule has 11 heteroatoms. The number of halogens is 1. The zero-order chi connectivity index (χ0) is 20.4. The molecule has 0 radical (unpaired) electrons. The topological polar surface area (TPSA) is 137 Å². The maximum absolute atomic E-state index is 12.1. The number of aromatic amines is 1. The standard InChI is InChI=1S/C17H20IN3O7/c1-27-10-4-2-9(3-5-10)6-21(26)13-12(8-22)28-16(14(13)23)20-7-11(18)15(24)19-17(20)25/h2-5,7,12-14,16,22-23,26H,6,8H2,1H3,(H,19,24,25). The summed E-state index contributed by atoms with van der Waals surface area (Å²) in [5.74, 6) is 0.665. The molecule has 0 aliphatic carbocycles. The van der Waals surface area contributed by atoms with Crippen molar-refractivity contribution in [3.05, 3.63) is 60.4 Å². The molecule has 2 aromatic rings. The van der Waals surface area contributed by atoms with Gasteiger partial charge in [-0.3, -0.25) is 14.3 Å². The summed E-state index contributed by atoms with van der Waals surface area (Å²) >= 11 is 1.75. The van der Waals surface area contributed by atoms with Crippen LogP contribution in [0.25, 0.3) is 0 Å². The summed E-state index contributed by atoms with van der Waals surface area (Å²) in [4.78, 5) is 25.8. The van der Waals surface area contributed by atoms with Gasteiger partial charge in [0.15, 0.2) is 6.23 Å². The molecule has 1 saturated heterocycles. The largest absolute Gasteiger partial charge is 0.497 e. The molecule has 1 aromatic heterocycles. The first-order valence-corrected chi connectivity index (χ1v) is 9.47. The van der Waals surface area contributed by atoms with Crippen LogP contribution in [-0.2, 0) is 11.3 Å². The minimum atomic E-state index is -1.33. The Balaban J connectivity index is 1.83. The fraction of sp³-hybridized carbons (Fsp3) is 0.412. The van der Waals surface area contributed by atoms with Crippen molar-refractivity contribution < 1.29 is 24.9 Å². The molecule has 0 amide bonds. The monoisotopic (exact) mass is 505 g/mol. The number of rotatable bonds is 6. The highest BCUT2D eigenvalue weighted by atomic mass is 127. The van der Waals surface area contributed by atoms with Crippen LogP contribution in [0.3, 0.4) is 0 Å². The molecule has 1 fully saturated rings. The molecule has 0 spiro atoms. The summed E-state index contributed by atoms with van der Waals surface area (Å²) in [6.07, 6.45) is -2.19. The second-order valence-corrected chi connectivity index (χ2v) is 7.48. The van der Waals surface area contributed by atoms with Crippen LogP contribution in [0.15, 0.2) is 40.1 Å². The number of ether oxygens (including phenoxy) is 2. The highest BCUT2D eigenvalue weighted by Gasteiger charge is 2.47. The van der Waals surface area contributed by atoms with Gasteiger partial charge in [0.05, 0.1) is 23.3 Å². The van der Waals surface area contributed by atoms with Crippen LogP contribution in [0.5, 0.6) is 5.75 Å². The highest BCUT2D eigenvalue weighted by Crippen LogP contribution is 2.32. The number of nitrogens with one attached hydrogen (secondary N) is 1. The third-order valence-corrected chi connectivity index (χ3v) is 5.33. The van der Waals surface area contributed by atoms with Gasteiger partial charge in [0.1, 0.15) is 18.0 Å². The summed E-state index contributed by atoms with van der Waals surface area (Å²) < 4.78 is 12.0. The van der Waals surface area contributed by atoms with Crippen molar-refractivity contribution in [3.8, 4) is 5.75 Å². The Morgan fingerprint density at radius 1 is 1.32 bits per heavy atom. The van der Waals surface area contributed by atoms with Crippen LogP contribution >= 0.6 is 22.6 Å². The average Bonchev–Trinajstić information content (AvgIpc) is 3.01. The number of benzene rings is 1. The van der Waals surface area contributed by atoms with Crippen molar-refractivity contribution in [1.29, 1.82) is 0 Å². The molecule has 1 aromatic carbocycles. The molecule has 10 nitrogen and oxygen atoms in total. The molecule has 1 aliphatic rings. The fourth-order valence-electron chi connectivity index (χ4n) is 3.15. The van der Waals surface area contributed by atoms with E-state index in [9.17, 15) is 25.0 Å². The van der Waals surface area contributed by atoms with Crippen molar-refractivity contribution in [2.45, 2.75) is 31.0 Å². The number of aromatic nitrogens is 2. The molecule has 3 rings (SSSR count). The average molecular weight is 505 g/mol. The van der Waals surface area contributed by atoms with E-state index in [1.807, 2.05) is 0 Å². The first-order valence-electron chi connectivity index (χ1n) is 8.39. The van der Waals surface area contributed by atoms with E-state index in [2.05, 4.69) is 4.98 Å². The Morgan fingerprint density at radius 3 is 2.61 bits per heavy atom. The lowest BCUT2D eigenvalue weighted by Crippen LogP contribution is -2.47. The molecule has 1 aliphatic heterocycles. The summed E-state index contributed by atoms with van der Waals surface area (Å²) in [6, 6.07) is 5.99. The van der Waals surface area contributed by atoms with E-state index < -0.39 is 42.3 Å². The second-order valence-electron chi connectivity index (χ2n) is 6.32. The van der Waals surface area contributed by atoms with Gasteiger partial charge in [-0.15, -0.1) is 0 Å². The zero-order valence-electron chi connectivity index (χ0n) is 14.9. The predicted octanol–water partition coefficient (Wildman–Crippen LogP) is -0.340. The van der Waals surface area contributed by atoms with E-state index in [4.69, 9.17) is 9.47 Å². The maximum atomic E-state index is 12.1. The minimum absolute atomic E-state index is 0.0519. The molecule has 2 heterocycles. The summed E-state index contributed by atoms with van der Waals surface area (Å²) in [5, 5.41) is 31.7. The van der Waals surface area contributed by atoms with Gasteiger partial charge in [-0.2, -0.15) is 5.06 Å². The van der Waals surface area contributed by atoms with E-state index in [0.717, 1.165) is 15.2 Å². The van der Waals surface area contributed by atoms with Crippen LogP contribution in [0.4, 0.5) is 0 Å². The van der Waals surface area contributed by atoms with E-state index in [1.165, 1.54) is 6.20 Å². The van der Waals surface area contributed by atoms with Gasteiger partial charge >= 0.3 is 5.69 Å². The Morgan fingerprint density at radius 2 is 2.00 bits per heavy atom. The molecular weight excluding hydrogens is 485 g/mol. The molecule has 28 heavy (non-hydrogen) atoms. The van der Waals surface area contributed by atoms with E-state index in [1.54, 1.807) is 54.0 Å². The van der Waals surface area contributed by atoms with Crippen molar-refractivity contribution in [3.63, 3.8) is 0 Å². The number of aliphatic hydroxyl groups excluding tert-OH is 2. The number of methoxy groups -OCH3 is 1. The molecule has 0 bridgehead atoms. The lowest BCUT2D eigenvalue weighted by molar-refractivity contribution is -0.168. The van der Waals surface area contributed by atoms with Crippen LogP contribution in [0.2, 0.25) is 0 Å². The van der Waals surface area contributed by atoms with Gasteiger partial charge in [0.2, 0.25) is 0 Å². The van der Waals surface area contributed by atoms with Gasteiger partial charge < -0.3 is 24.9 Å². The number of aliphatic hydroxyl groups is 2. The van der Waals surface area contributed by atoms with Crippen molar-refractivity contribution >= 4 is 22.6 Å². The van der Waals surface area contributed by atoms with Crippen LogP contribution in [0.1, 0.15) is 11.8 Å². The lowest BCUT2D eigenvalue weighted by Gasteiger charge is -2.27. The minimum Gasteiger partial charge on any atom is -0.497 e. The van der Waals surface area contributed by atoms with Gasteiger partial charge in [-0.05, 0) is 40.3 Å². The Bertz CT molecular complexity index is 930. The second kappa shape index (κ2) is 8.71. The normalized spacial score (nSPS) is 24.6. The molecular formula is C17H20IN3O7. The summed E-state index contributed by atoms with van der Waals surface area (Å²) in [6.45, 7) is -0.427. The van der Waals surface area contributed by atoms with Gasteiger partial charge in [0, 0.05) is 12.7 Å². The smallest absolute Gasteiger partial charge is 0.330 e. The van der Waals surface area contributed by atoms with E-state index in [-0.39, 0.29) is 10.1 Å². The van der Waals surface area contributed by atoms with Crippen molar-refractivity contribution in [1.82, 2.24) is 14.6 Å². The first kappa shape index (κ1) is 21.0. The fourth-order valence-corrected chi connectivity index (χ4v) is 3.59. The van der Waals surface area contributed by atoms with Crippen LogP contribution in [-0.4, -0.2) is 62.0 Å². The quantitative estimate of drug-likeness (QED) is 0.309. The SMILES string of the molecule is COc1ccc(CN(O)C2C(CO)OC(n3cc(I)c(=O)[nH]c3=O)C2O)cc1.